The molecule has 5 heteroatoms. The van der Waals surface area contributed by atoms with Crippen LogP contribution in [0.2, 0.25) is 0 Å². The molecule has 2 unspecified atom stereocenters. The van der Waals surface area contributed by atoms with Crippen molar-refractivity contribution in [1.29, 1.82) is 0 Å². The van der Waals surface area contributed by atoms with Crippen LogP contribution in [0, 0.1) is 5.82 Å². The maximum absolute atomic E-state index is 14.0. The SMILES string of the molecule is NC1CC(=O)N(C2CC2)C1c1ccc(Br)cc1F. The number of likely N-dealkylation sites (tertiary alicyclic amines) is 1. The topological polar surface area (TPSA) is 46.3 Å². The van der Waals surface area contributed by atoms with E-state index in [0.717, 1.165) is 12.8 Å². The lowest BCUT2D eigenvalue weighted by atomic mass is 10.00. The van der Waals surface area contributed by atoms with Crippen molar-refractivity contribution in [3.63, 3.8) is 0 Å². The van der Waals surface area contributed by atoms with Gasteiger partial charge in [-0.3, -0.25) is 4.79 Å². The predicted molar refractivity (Wildman–Crippen MR) is 69.3 cm³/mol. The van der Waals surface area contributed by atoms with E-state index in [9.17, 15) is 9.18 Å². The van der Waals surface area contributed by atoms with Crippen LogP contribution < -0.4 is 5.73 Å². The zero-order chi connectivity index (χ0) is 12.9. The van der Waals surface area contributed by atoms with Gasteiger partial charge in [0.05, 0.1) is 6.04 Å². The van der Waals surface area contributed by atoms with Crippen LogP contribution in [0.3, 0.4) is 0 Å². The van der Waals surface area contributed by atoms with Gasteiger partial charge >= 0.3 is 0 Å². The molecule has 1 aliphatic carbocycles. The summed E-state index contributed by atoms with van der Waals surface area (Å²) >= 11 is 3.24. The fraction of sp³-hybridized carbons (Fsp3) is 0.462. The molecule has 1 saturated carbocycles. The van der Waals surface area contributed by atoms with Crippen LogP contribution in [0.1, 0.15) is 30.9 Å². The van der Waals surface area contributed by atoms with Gasteiger partial charge in [-0.15, -0.1) is 0 Å². The molecule has 2 aliphatic rings. The number of hydrogen-bond acceptors (Lipinski definition) is 2. The first kappa shape index (κ1) is 12.1. The van der Waals surface area contributed by atoms with Crippen LogP contribution in [0.5, 0.6) is 0 Å². The van der Waals surface area contributed by atoms with Gasteiger partial charge in [-0.1, -0.05) is 22.0 Å². The predicted octanol–water partition coefficient (Wildman–Crippen LogP) is 2.35. The van der Waals surface area contributed by atoms with E-state index in [1.54, 1.807) is 17.0 Å². The molecule has 0 radical (unpaired) electrons. The van der Waals surface area contributed by atoms with Crippen molar-refractivity contribution in [3.05, 3.63) is 34.1 Å². The van der Waals surface area contributed by atoms with Gasteiger partial charge in [0.2, 0.25) is 5.91 Å². The van der Waals surface area contributed by atoms with Gasteiger partial charge in [-0.05, 0) is 25.0 Å². The quantitative estimate of drug-likeness (QED) is 0.911. The number of nitrogens with two attached hydrogens (primary N) is 1. The highest BCUT2D eigenvalue weighted by atomic mass is 79.9. The van der Waals surface area contributed by atoms with Gasteiger partial charge in [-0.25, -0.2) is 4.39 Å². The molecular formula is C13H14BrFN2O. The number of benzene rings is 1. The van der Waals surface area contributed by atoms with Crippen LogP contribution >= 0.6 is 15.9 Å². The summed E-state index contributed by atoms with van der Waals surface area (Å²) in [6.45, 7) is 0. The summed E-state index contributed by atoms with van der Waals surface area (Å²) in [6.07, 6.45) is 2.33. The van der Waals surface area contributed by atoms with Gasteiger partial charge in [0, 0.05) is 28.5 Å². The molecule has 1 heterocycles. The number of carbonyl (C=O) groups excluding carboxylic acids is 1. The highest BCUT2D eigenvalue weighted by Crippen LogP contribution is 2.41. The molecule has 2 fully saturated rings. The van der Waals surface area contributed by atoms with Crippen molar-refractivity contribution < 1.29 is 9.18 Å². The molecule has 1 saturated heterocycles. The van der Waals surface area contributed by atoms with Crippen molar-refractivity contribution in [2.45, 2.75) is 37.4 Å². The lowest BCUT2D eigenvalue weighted by Gasteiger charge is -2.27. The Morgan fingerprint density at radius 1 is 1.39 bits per heavy atom. The Morgan fingerprint density at radius 3 is 2.72 bits per heavy atom. The maximum Gasteiger partial charge on any atom is 0.225 e. The third kappa shape index (κ3) is 1.95. The fourth-order valence-electron chi connectivity index (χ4n) is 2.69. The van der Waals surface area contributed by atoms with E-state index in [-0.39, 0.29) is 29.8 Å². The largest absolute Gasteiger partial charge is 0.331 e. The van der Waals surface area contributed by atoms with E-state index in [4.69, 9.17) is 5.73 Å². The van der Waals surface area contributed by atoms with Crippen LogP contribution in [-0.2, 0) is 4.79 Å². The number of halogens is 2. The molecular weight excluding hydrogens is 299 g/mol. The molecule has 3 nitrogen and oxygen atoms in total. The molecule has 0 bridgehead atoms. The Bertz CT molecular complexity index is 504. The third-order valence-corrected chi connectivity index (χ3v) is 4.12. The second kappa shape index (κ2) is 4.31. The Kier molecular flexibility index (Phi) is 2.90. The zero-order valence-corrected chi connectivity index (χ0v) is 11.4. The second-order valence-corrected chi connectivity index (χ2v) is 5.93. The minimum Gasteiger partial charge on any atom is -0.331 e. The van der Waals surface area contributed by atoms with Crippen molar-refractivity contribution in [2.75, 3.05) is 0 Å². The number of nitrogens with zero attached hydrogens (tertiary/aromatic N) is 1. The maximum atomic E-state index is 14.0. The van der Waals surface area contributed by atoms with Gasteiger partial charge in [0.25, 0.3) is 0 Å². The summed E-state index contributed by atoms with van der Waals surface area (Å²) < 4.78 is 14.7. The first-order valence-corrected chi connectivity index (χ1v) is 6.89. The molecule has 2 atom stereocenters. The van der Waals surface area contributed by atoms with E-state index >= 15 is 0 Å². The Hall–Kier alpha value is -0.940. The van der Waals surface area contributed by atoms with Gasteiger partial charge in [-0.2, -0.15) is 0 Å². The Morgan fingerprint density at radius 2 is 2.11 bits per heavy atom. The van der Waals surface area contributed by atoms with E-state index < -0.39 is 0 Å². The molecule has 1 aromatic carbocycles. The second-order valence-electron chi connectivity index (χ2n) is 5.01. The molecule has 0 spiro atoms. The Balaban J connectivity index is 2.00. The first-order chi connectivity index (χ1) is 8.58. The highest BCUT2D eigenvalue weighted by Gasteiger charge is 2.46. The zero-order valence-electron chi connectivity index (χ0n) is 9.77. The molecule has 1 aromatic rings. The monoisotopic (exact) mass is 312 g/mol. The summed E-state index contributed by atoms with van der Waals surface area (Å²) in [4.78, 5) is 13.7. The molecule has 2 N–H and O–H groups in total. The summed E-state index contributed by atoms with van der Waals surface area (Å²) in [5.74, 6) is -0.248. The Labute approximate surface area is 113 Å². The molecule has 1 amide bonds. The summed E-state index contributed by atoms with van der Waals surface area (Å²) in [5, 5.41) is 0. The number of hydrogen-bond donors (Lipinski definition) is 1. The van der Waals surface area contributed by atoms with Crippen molar-refractivity contribution >= 4 is 21.8 Å². The van der Waals surface area contributed by atoms with Crippen molar-refractivity contribution in [3.8, 4) is 0 Å². The standard InChI is InChI=1S/C13H14BrFN2O/c14-7-1-4-9(10(15)5-7)13-11(16)6-12(18)17(13)8-2-3-8/h1,4-5,8,11,13H,2-3,6,16H2. The van der Waals surface area contributed by atoms with E-state index in [0.29, 0.717) is 16.5 Å². The van der Waals surface area contributed by atoms with Gasteiger partial charge in [0.15, 0.2) is 0 Å². The number of amides is 1. The first-order valence-electron chi connectivity index (χ1n) is 6.09. The van der Waals surface area contributed by atoms with Crippen molar-refractivity contribution in [1.82, 2.24) is 4.90 Å². The lowest BCUT2D eigenvalue weighted by Crippen LogP contribution is -2.35. The minimum absolute atomic E-state index is 0.0531. The average Bonchev–Trinajstić information content (AvgIpc) is 3.06. The molecule has 3 rings (SSSR count). The van der Waals surface area contributed by atoms with E-state index in [1.165, 1.54) is 6.07 Å². The molecule has 0 aromatic heterocycles. The summed E-state index contributed by atoms with van der Waals surface area (Å²) in [7, 11) is 0. The van der Waals surface area contributed by atoms with E-state index in [2.05, 4.69) is 15.9 Å². The third-order valence-electron chi connectivity index (χ3n) is 3.62. The molecule has 18 heavy (non-hydrogen) atoms. The molecule has 96 valence electrons. The highest BCUT2D eigenvalue weighted by molar-refractivity contribution is 9.10. The van der Waals surface area contributed by atoms with Crippen LogP contribution in [0.4, 0.5) is 4.39 Å². The normalized spacial score (nSPS) is 27.9. The van der Waals surface area contributed by atoms with Crippen LogP contribution in [0.25, 0.3) is 0 Å². The minimum atomic E-state index is -0.311. The van der Waals surface area contributed by atoms with Gasteiger partial charge in [0.1, 0.15) is 5.82 Å². The van der Waals surface area contributed by atoms with E-state index in [1.807, 2.05) is 0 Å². The number of rotatable bonds is 2. The van der Waals surface area contributed by atoms with Crippen molar-refractivity contribution in [2.24, 2.45) is 5.73 Å². The number of carbonyl (C=O) groups is 1. The van der Waals surface area contributed by atoms with Crippen LogP contribution in [-0.4, -0.2) is 22.9 Å². The fourth-order valence-corrected chi connectivity index (χ4v) is 3.02. The average molecular weight is 313 g/mol. The molecule has 1 aliphatic heterocycles. The smallest absolute Gasteiger partial charge is 0.225 e. The van der Waals surface area contributed by atoms with Gasteiger partial charge < -0.3 is 10.6 Å². The summed E-state index contributed by atoms with van der Waals surface area (Å²) in [6, 6.07) is 4.58. The van der Waals surface area contributed by atoms with Crippen LogP contribution in [0.15, 0.2) is 22.7 Å². The lowest BCUT2D eigenvalue weighted by molar-refractivity contribution is -0.129. The summed E-state index contributed by atoms with van der Waals surface area (Å²) in [5.41, 5.74) is 6.55.